The lowest BCUT2D eigenvalue weighted by molar-refractivity contribution is -0.149. The Morgan fingerprint density at radius 2 is 1.31 bits per heavy atom. The summed E-state index contributed by atoms with van der Waals surface area (Å²) in [6, 6.07) is 13.7. The Bertz CT molecular complexity index is 1630. The van der Waals surface area contributed by atoms with Crippen molar-refractivity contribution >= 4 is 29.3 Å². The topological polar surface area (TPSA) is 203 Å². The summed E-state index contributed by atoms with van der Waals surface area (Å²) >= 11 is 0. The van der Waals surface area contributed by atoms with Crippen LogP contribution in [0.25, 0.3) is 0 Å². The second kappa shape index (κ2) is 22.4. The van der Waals surface area contributed by atoms with Crippen LogP contribution >= 0.6 is 0 Å². The third-order valence-electron chi connectivity index (χ3n) is 12.9. The number of benzene rings is 2. The highest BCUT2D eigenvalue weighted by Gasteiger charge is 2.55. The van der Waals surface area contributed by atoms with Crippen LogP contribution in [0.1, 0.15) is 120 Å². The van der Waals surface area contributed by atoms with E-state index in [9.17, 15) is 14.4 Å². The standard InChI is InChI=1S/C46H69N7O5/c1-50-39(31-34-21-10-4-11-22-34)44(57)51-38(25-14-15-27-47)45(58)53-28-16-26-40(53)42(55)46(35-23-12-5-13-24-35,41(54)36(48)29-32-17-6-2-7-18-32)52-43(56)37(49)30-33-19-8-3-9-20-33/h4-5,10-13,21-24,32-33,36-40,50H,2-3,6-9,14-20,25-31,47-49H2,1H3,(H,51,57)(H,52,56)/t36-,37+,38+,39+,40+,46?/m1/s1. The van der Waals surface area contributed by atoms with Gasteiger partial charge in [0.25, 0.3) is 0 Å². The number of amides is 3. The number of nitrogens with one attached hydrogen (secondary N) is 3. The van der Waals surface area contributed by atoms with Gasteiger partial charge in [-0.3, -0.25) is 24.0 Å². The van der Waals surface area contributed by atoms with E-state index in [1.54, 1.807) is 37.4 Å². The van der Waals surface area contributed by atoms with E-state index in [0.717, 1.165) is 69.8 Å². The molecule has 3 amide bonds. The second-order valence-electron chi connectivity index (χ2n) is 17.1. The Balaban J connectivity index is 1.48. The Morgan fingerprint density at radius 1 is 0.724 bits per heavy atom. The maximum atomic E-state index is 15.6. The van der Waals surface area contributed by atoms with Crippen LogP contribution in [0, 0.1) is 11.8 Å². The number of nitrogens with zero attached hydrogens (tertiary/aromatic N) is 1. The van der Waals surface area contributed by atoms with E-state index in [1.807, 2.05) is 30.3 Å². The fourth-order valence-corrected chi connectivity index (χ4v) is 9.57. The predicted molar refractivity (Wildman–Crippen MR) is 227 cm³/mol. The molecular formula is C46H69N7O5. The van der Waals surface area contributed by atoms with E-state index in [0.29, 0.717) is 57.1 Å². The molecular weight excluding hydrogens is 731 g/mol. The third kappa shape index (κ3) is 11.6. The number of rotatable bonds is 21. The lowest BCUT2D eigenvalue weighted by atomic mass is 9.73. The van der Waals surface area contributed by atoms with Crippen molar-refractivity contribution < 1.29 is 24.0 Å². The molecule has 0 spiro atoms. The summed E-state index contributed by atoms with van der Waals surface area (Å²) in [7, 11) is 1.71. The van der Waals surface area contributed by atoms with Crippen molar-refractivity contribution in [1.82, 2.24) is 20.9 Å². The molecule has 2 aliphatic carbocycles. The van der Waals surface area contributed by atoms with Crippen molar-refractivity contribution in [3.05, 3.63) is 71.8 Å². The van der Waals surface area contributed by atoms with Crippen LogP contribution < -0.4 is 33.2 Å². The highest BCUT2D eigenvalue weighted by Crippen LogP contribution is 2.35. The van der Waals surface area contributed by atoms with Gasteiger partial charge in [-0.15, -0.1) is 0 Å². The number of likely N-dealkylation sites (N-methyl/N-ethyl adjacent to an activating group) is 1. The van der Waals surface area contributed by atoms with Crippen molar-refractivity contribution in [3.63, 3.8) is 0 Å². The smallest absolute Gasteiger partial charge is 0.245 e. The molecule has 6 atom stereocenters. The minimum absolute atomic E-state index is 0.228. The van der Waals surface area contributed by atoms with E-state index in [-0.39, 0.29) is 30.7 Å². The number of carbonyl (C=O) groups is 5. The first-order valence-corrected chi connectivity index (χ1v) is 22.1. The molecule has 58 heavy (non-hydrogen) atoms. The van der Waals surface area contributed by atoms with Crippen LogP contribution in [0.4, 0.5) is 0 Å². The van der Waals surface area contributed by atoms with Gasteiger partial charge in [0.2, 0.25) is 17.7 Å². The van der Waals surface area contributed by atoms with Crippen LogP contribution in [-0.2, 0) is 35.9 Å². The second-order valence-corrected chi connectivity index (χ2v) is 17.1. The molecule has 1 unspecified atom stereocenters. The van der Waals surface area contributed by atoms with E-state index in [4.69, 9.17) is 17.2 Å². The molecule has 318 valence electrons. The zero-order valence-corrected chi connectivity index (χ0v) is 34.7. The quantitative estimate of drug-likeness (QED) is 0.0792. The maximum Gasteiger partial charge on any atom is 0.245 e. The Morgan fingerprint density at radius 3 is 1.90 bits per heavy atom. The summed E-state index contributed by atoms with van der Waals surface area (Å²) in [5.41, 5.74) is 18.4. The summed E-state index contributed by atoms with van der Waals surface area (Å²) in [5.74, 6) is -2.00. The number of ketones is 2. The number of unbranched alkanes of at least 4 members (excludes halogenated alkanes) is 1. The van der Waals surface area contributed by atoms with Crippen molar-refractivity contribution in [2.75, 3.05) is 20.1 Å². The fraction of sp³-hybridized carbons (Fsp3) is 0.630. The number of nitrogens with two attached hydrogens (primary N) is 3. The zero-order valence-electron chi connectivity index (χ0n) is 34.7. The van der Waals surface area contributed by atoms with Crippen molar-refractivity contribution in [1.29, 1.82) is 0 Å². The molecule has 12 nitrogen and oxygen atoms in total. The summed E-state index contributed by atoms with van der Waals surface area (Å²) in [5, 5.41) is 9.07. The number of Topliss-reactive ketones (excluding diaryl/α,β-unsaturated/α-hetero) is 2. The highest BCUT2D eigenvalue weighted by molar-refractivity contribution is 6.18. The van der Waals surface area contributed by atoms with Gasteiger partial charge in [0.1, 0.15) is 6.04 Å². The van der Waals surface area contributed by atoms with Gasteiger partial charge in [-0.25, -0.2) is 0 Å². The van der Waals surface area contributed by atoms with E-state index in [1.165, 1.54) is 4.90 Å². The molecule has 3 fully saturated rings. The molecule has 1 aliphatic heterocycles. The van der Waals surface area contributed by atoms with Crippen LogP contribution in [0.15, 0.2) is 60.7 Å². The van der Waals surface area contributed by atoms with Gasteiger partial charge in [0, 0.05) is 6.54 Å². The lowest BCUT2D eigenvalue weighted by Crippen LogP contribution is -2.67. The first-order valence-electron chi connectivity index (χ1n) is 22.1. The molecule has 12 heteroatoms. The molecule has 9 N–H and O–H groups in total. The number of hydrogen-bond donors (Lipinski definition) is 6. The van der Waals surface area contributed by atoms with Gasteiger partial charge in [-0.1, -0.05) is 125 Å². The van der Waals surface area contributed by atoms with Gasteiger partial charge in [0.05, 0.1) is 24.2 Å². The van der Waals surface area contributed by atoms with Crippen molar-refractivity contribution in [2.45, 2.75) is 151 Å². The molecule has 5 rings (SSSR count). The van der Waals surface area contributed by atoms with E-state index in [2.05, 4.69) is 16.0 Å². The average Bonchev–Trinajstić information content (AvgIpc) is 3.75. The molecule has 1 heterocycles. The Kier molecular flexibility index (Phi) is 17.4. The summed E-state index contributed by atoms with van der Waals surface area (Å²) in [6.45, 7) is 0.679. The first kappa shape index (κ1) is 45.1. The number of carbonyl (C=O) groups excluding carboxylic acids is 5. The molecule has 0 radical (unpaired) electrons. The van der Waals surface area contributed by atoms with Crippen LogP contribution in [0.3, 0.4) is 0 Å². The largest absolute Gasteiger partial charge is 0.343 e. The monoisotopic (exact) mass is 800 g/mol. The summed E-state index contributed by atoms with van der Waals surface area (Å²) in [4.78, 5) is 75.2. The van der Waals surface area contributed by atoms with Crippen molar-refractivity contribution in [3.8, 4) is 0 Å². The highest BCUT2D eigenvalue weighted by atomic mass is 16.2. The van der Waals surface area contributed by atoms with Crippen molar-refractivity contribution in [2.24, 2.45) is 29.0 Å². The van der Waals surface area contributed by atoms with E-state index < -0.39 is 59.1 Å². The first-order chi connectivity index (χ1) is 28.1. The number of hydrogen-bond acceptors (Lipinski definition) is 9. The van der Waals surface area contributed by atoms with Gasteiger partial charge < -0.3 is 38.1 Å². The molecule has 0 aromatic heterocycles. The molecule has 2 saturated carbocycles. The fourth-order valence-electron chi connectivity index (χ4n) is 9.57. The molecule has 2 aromatic rings. The molecule has 1 saturated heterocycles. The minimum atomic E-state index is -2.19. The lowest BCUT2D eigenvalue weighted by Gasteiger charge is -2.40. The Hall–Kier alpha value is -3.97. The van der Waals surface area contributed by atoms with Crippen LogP contribution in [-0.4, -0.2) is 84.5 Å². The third-order valence-corrected chi connectivity index (χ3v) is 12.9. The zero-order chi connectivity index (χ0) is 41.5. The molecule has 3 aliphatic rings. The maximum absolute atomic E-state index is 15.6. The van der Waals surface area contributed by atoms with Gasteiger partial charge in [0.15, 0.2) is 17.1 Å². The predicted octanol–water partition coefficient (Wildman–Crippen LogP) is 4.17. The minimum Gasteiger partial charge on any atom is -0.343 e. The summed E-state index contributed by atoms with van der Waals surface area (Å²) in [6.07, 6.45) is 14.1. The van der Waals surface area contributed by atoms with Crippen LogP contribution in [0.2, 0.25) is 0 Å². The normalized spacial score (nSPS) is 21.0. The van der Waals surface area contributed by atoms with Gasteiger partial charge in [-0.05, 0) is 87.9 Å². The SMILES string of the molecule is CN[C@@H](Cc1ccccc1)C(=O)N[C@@H](CCCCN)C(=O)N1CCC[C@H]1C(=O)C(NC(=O)[C@@H](N)CC1CCCCC1)(C(=O)[C@H](N)CC1CCCCC1)c1ccccc1. The number of likely N-dealkylation sites (tertiary alicyclic amines) is 1. The van der Waals surface area contributed by atoms with Gasteiger partial charge >= 0.3 is 0 Å². The Labute approximate surface area is 345 Å². The van der Waals surface area contributed by atoms with Gasteiger partial charge in [-0.2, -0.15) is 0 Å². The molecule has 2 aromatic carbocycles. The summed E-state index contributed by atoms with van der Waals surface area (Å²) < 4.78 is 0. The van der Waals surface area contributed by atoms with Crippen LogP contribution in [0.5, 0.6) is 0 Å². The average molecular weight is 800 g/mol. The van der Waals surface area contributed by atoms with E-state index >= 15 is 9.59 Å². The molecule has 0 bridgehead atoms.